The van der Waals surface area contributed by atoms with Crippen molar-refractivity contribution in [2.45, 2.75) is 32.4 Å². The minimum atomic E-state index is -0.809. The molecule has 108 valence electrons. The van der Waals surface area contributed by atoms with Crippen LogP contribution in [-0.2, 0) is 15.5 Å². The molecule has 1 heterocycles. The van der Waals surface area contributed by atoms with Gasteiger partial charge < -0.3 is 10.1 Å². The fourth-order valence-electron chi connectivity index (χ4n) is 1.41. The molecule has 0 radical (unpaired) electrons. The minimum Gasteiger partial charge on any atom is -0.461 e. The highest BCUT2D eigenvalue weighted by atomic mass is 32.2. The van der Waals surface area contributed by atoms with E-state index in [1.807, 2.05) is 13.8 Å². The number of aromatic nitrogens is 1. The summed E-state index contributed by atoms with van der Waals surface area (Å²) in [6.45, 7) is 6.60. The Morgan fingerprint density at radius 2 is 2.26 bits per heavy atom. The summed E-state index contributed by atoms with van der Waals surface area (Å²) in [5, 5.41) is 4.01. The summed E-state index contributed by atoms with van der Waals surface area (Å²) < 4.78 is 16.1. The maximum Gasteiger partial charge on any atom is 0.358 e. The summed E-state index contributed by atoms with van der Waals surface area (Å²) >= 11 is 1.43. The molecule has 5 nitrogen and oxygen atoms in total. The molecular formula is C12H20N2O3S2. The van der Waals surface area contributed by atoms with E-state index in [1.165, 1.54) is 11.3 Å². The number of thiazole rings is 1. The lowest BCUT2D eigenvalue weighted by Gasteiger charge is -2.07. The van der Waals surface area contributed by atoms with Gasteiger partial charge in [-0.1, -0.05) is 6.92 Å². The summed E-state index contributed by atoms with van der Waals surface area (Å²) in [5.41, 5.74) is 0.376. The minimum absolute atomic E-state index is 0.151. The van der Waals surface area contributed by atoms with Crippen LogP contribution in [0.25, 0.3) is 0 Å². The van der Waals surface area contributed by atoms with Crippen LogP contribution in [0, 0.1) is 6.92 Å². The largest absolute Gasteiger partial charge is 0.461 e. The van der Waals surface area contributed by atoms with Gasteiger partial charge in [-0.05, 0) is 20.3 Å². The van der Waals surface area contributed by atoms with Crippen molar-refractivity contribution in [2.24, 2.45) is 0 Å². The predicted molar refractivity (Wildman–Crippen MR) is 79.4 cm³/mol. The van der Waals surface area contributed by atoms with Crippen LogP contribution in [-0.4, -0.2) is 39.8 Å². The first kappa shape index (κ1) is 16.1. The lowest BCUT2D eigenvalue weighted by molar-refractivity contribution is 0.0519. The third-order valence-corrected chi connectivity index (χ3v) is 4.96. The molecule has 0 aliphatic rings. The normalized spacial score (nSPS) is 13.9. The number of esters is 1. The fourth-order valence-corrected chi connectivity index (χ4v) is 2.69. The molecule has 0 aliphatic carbocycles. The van der Waals surface area contributed by atoms with Gasteiger partial charge in [-0.25, -0.2) is 9.78 Å². The molecule has 7 heteroatoms. The molecule has 0 amide bonds. The molecule has 0 bridgehead atoms. The zero-order chi connectivity index (χ0) is 14.4. The molecule has 1 aromatic heterocycles. The Hall–Kier alpha value is -0.950. The number of ether oxygens (including phenoxy) is 1. The van der Waals surface area contributed by atoms with Crippen molar-refractivity contribution in [1.29, 1.82) is 0 Å². The third-order valence-electron chi connectivity index (χ3n) is 2.66. The van der Waals surface area contributed by atoms with E-state index in [-0.39, 0.29) is 11.2 Å². The number of nitrogens with one attached hydrogen (secondary N) is 1. The monoisotopic (exact) mass is 304 g/mol. The Kier molecular flexibility index (Phi) is 6.44. The van der Waals surface area contributed by atoms with E-state index in [1.54, 1.807) is 13.2 Å². The topological polar surface area (TPSA) is 68.3 Å². The standard InChI is InChI=1S/C12H20N2O3S2/c1-5-17-11(15)10-9(3)18-12(14-10)13-7-6-8(2)19(4)16/h8H,5-7H2,1-4H3,(H,13,14). The van der Waals surface area contributed by atoms with Crippen LogP contribution < -0.4 is 5.32 Å². The number of carbonyl (C=O) groups excluding carboxylic acids is 1. The van der Waals surface area contributed by atoms with Crippen LogP contribution in [0.3, 0.4) is 0 Å². The van der Waals surface area contributed by atoms with Gasteiger partial charge in [0.2, 0.25) is 0 Å². The Morgan fingerprint density at radius 1 is 1.58 bits per heavy atom. The summed E-state index contributed by atoms with van der Waals surface area (Å²) in [7, 11) is -0.809. The van der Waals surface area contributed by atoms with Crippen LogP contribution in [0.4, 0.5) is 5.13 Å². The first-order valence-corrected chi connectivity index (χ1v) is 8.60. The first-order chi connectivity index (χ1) is 8.95. The van der Waals surface area contributed by atoms with Gasteiger partial charge in [-0.15, -0.1) is 11.3 Å². The Balaban J connectivity index is 2.54. The average Bonchev–Trinajstić information content (AvgIpc) is 2.70. The smallest absolute Gasteiger partial charge is 0.358 e. The zero-order valence-electron chi connectivity index (χ0n) is 11.7. The van der Waals surface area contributed by atoms with Gasteiger partial charge in [0.15, 0.2) is 10.8 Å². The van der Waals surface area contributed by atoms with Gasteiger partial charge in [0.1, 0.15) is 0 Å². The fraction of sp³-hybridized carbons (Fsp3) is 0.667. The molecule has 1 aromatic rings. The number of nitrogens with zero attached hydrogens (tertiary/aromatic N) is 1. The van der Waals surface area contributed by atoms with Crippen LogP contribution in [0.5, 0.6) is 0 Å². The van der Waals surface area contributed by atoms with Crippen LogP contribution in [0.1, 0.15) is 35.6 Å². The van der Waals surface area contributed by atoms with Crippen molar-refractivity contribution in [1.82, 2.24) is 4.98 Å². The molecule has 1 rings (SSSR count). The maximum atomic E-state index is 11.6. The van der Waals surface area contributed by atoms with E-state index < -0.39 is 10.8 Å². The lowest BCUT2D eigenvalue weighted by atomic mass is 10.3. The van der Waals surface area contributed by atoms with E-state index in [0.717, 1.165) is 11.3 Å². The van der Waals surface area contributed by atoms with E-state index >= 15 is 0 Å². The number of carbonyl (C=O) groups is 1. The number of hydrogen-bond acceptors (Lipinski definition) is 6. The van der Waals surface area contributed by atoms with Crippen molar-refractivity contribution in [3.8, 4) is 0 Å². The number of rotatable bonds is 7. The molecule has 0 saturated carbocycles. The van der Waals surface area contributed by atoms with Gasteiger partial charge in [0.05, 0.1) is 6.61 Å². The van der Waals surface area contributed by atoms with Crippen molar-refractivity contribution >= 4 is 33.2 Å². The third kappa shape index (κ3) is 4.91. The van der Waals surface area contributed by atoms with E-state index in [2.05, 4.69) is 10.3 Å². The van der Waals surface area contributed by atoms with Crippen molar-refractivity contribution in [2.75, 3.05) is 24.7 Å². The van der Waals surface area contributed by atoms with Gasteiger partial charge in [0, 0.05) is 33.7 Å². The second-order valence-electron chi connectivity index (χ2n) is 4.17. The second kappa shape index (κ2) is 7.59. The van der Waals surface area contributed by atoms with E-state index in [0.29, 0.717) is 24.0 Å². The van der Waals surface area contributed by atoms with Crippen LogP contribution in [0.15, 0.2) is 0 Å². The van der Waals surface area contributed by atoms with Gasteiger partial charge in [-0.3, -0.25) is 4.21 Å². The van der Waals surface area contributed by atoms with E-state index in [9.17, 15) is 9.00 Å². The van der Waals surface area contributed by atoms with E-state index in [4.69, 9.17) is 4.74 Å². The molecule has 0 aromatic carbocycles. The SMILES string of the molecule is CCOC(=O)c1nc(NCCC(C)S(C)=O)sc1C. The molecule has 0 spiro atoms. The molecule has 2 atom stereocenters. The molecule has 0 fully saturated rings. The second-order valence-corrected chi connectivity index (χ2v) is 7.17. The molecule has 0 saturated heterocycles. The summed E-state index contributed by atoms with van der Waals surface area (Å²) in [5.74, 6) is -0.382. The Morgan fingerprint density at radius 3 is 2.84 bits per heavy atom. The molecule has 19 heavy (non-hydrogen) atoms. The van der Waals surface area contributed by atoms with Crippen molar-refractivity contribution in [3.63, 3.8) is 0 Å². The number of hydrogen-bond donors (Lipinski definition) is 1. The maximum absolute atomic E-state index is 11.6. The van der Waals surface area contributed by atoms with Gasteiger partial charge in [-0.2, -0.15) is 0 Å². The Labute approximate surface area is 120 Å². The Bertz CT molecular complexity index is 460. The summed E-state index contributed by atoms with van der Waals surface area (Å²) in [6.07, 6.45) is 2.51. The highest BCUT2D eigenvalue weighted by Crippen LogP contribution is 2.22. The predicted octanol–water partition coefficient (Wildman–Crippen LogP) is 2.20. The first-order valence-electron chi connectivity index (χ1n) is 6.16. The molecule has 0 aliphatic heterocycles. The highest BCUT2D eigenvalue weighted by molar-refractivity contribution is 7.84. The average molecular weight is 304 g/mol. The summed E-state index contributed by atoms with van der Waals surface area (Å²) in [6, 6.07) is 0. The zero-order valence-corrected chi connectivity index (χ0v) is 13.3. The number of aryl methyl sites for hydroxylation is 1. The molecule has 1 N–H and O–H groups in total. The summed E-state index contributed by atoms with van der Waals surface area (Å²) in [4.78, 5) is 16.7. The quantitative estimate of drug-likeness (QED) is 0.782. The van der Waals surface area contributed by atoms with Crippen molar-refractivity contribution < 1.29 is 13.7 Å². The van der Waals surface area contributed by atoms with Crippen LogP contribution >= 0.6 is 11.3 Å². The van der Waals surface area contributed by atoms with Crippen LogP contribution in [0.2, 0.25) is 0 Å². The molecular weight excluding hydrogens is 284 g/mol. The van der Waals surface area contributed by atoms with Crippen molar-refractivity contribution in [3.05, 3.63) is 10.6 Å². The molecule has 2 unspecified atom stereocenters. The van der Waals surface area contributed by atoms with Gasteiger partial charge in [0.25, 0.3) is 0 Å². The van der Waals surface area contributed by atoms with Gasteiger partial charge >= 0.3 is 5.97 Å². The highest BCUT2D eigenvalue weighted by Gasteiger charge is 2.16. The lowest BCUT2D eigenvalue weighted by Crippen LogP contribution is -2.14. The number of anilines is 1.